The van der Waals surface area contributed by atoms with Gasteiger partial charge in [-0.1, -0.05) is 30.3 Å². The third kappa shape index (κ3) is 5.28. The Balaban J connectivity index is 2.56. The minimum atomic E-state index is -0.985. The number of nitrogens with two attached hydrogens (primary N) is 1. The zero-order chi connectivity index (χ0) is 15.0. The third-order valence-corrected chi connectivity index (χ3v) is 3.24. The molecule has 5 heteroatoms. The molecular weight excluding hydrogens is 256 g/mol. The van der Waals surface area contributed by atoms with Crippen molar-refractivity contribution >= 4 is 5.91 Å². The molecule has 0 heterocycles. The summed E-state index contributed by atoms with van der Waals surface area (Å²) in [5.41, 5.74) is 5.58. The molecule has 1 aromatic rings. The number of carbonyl (C=O) groups is 1. The molecule has 2 unspecified atom stereocenters. The second-order valence-corrected chi connectivity index (χ2v) is 5.16. The molecule has 5 nitrogen and oxygen atoms in total. The number of hydrogen-bond donors (Lipinski definition) is 3. The first-order valence-electron chi connectivity index (χ1n) is 6.74. The summed E-state index contributed by atoms with van der Waals surface area (Å²) in [5, 5.41) is 12.9. The van der Waals surface area contributed by atoms with Gasteiger partial charge < -0.3 is 20.9 Å². The number of aliphatic hydroxyl groups is 1. The molecule has 0 aliphatic heterocycles. The van der Waals surface area contributed by atoms with Crippen LogP contribution in [0.2, 0.25) is 0 Å². The summed E-state index contributed by atoms with van der Waals surface area (Å²) in [7, 11) is 1.58. The fraction of sp³-hybridized carbons (Fsp3) is 0.533. The van der Waals surface area contributed by atoms with Crippen LogP contribution >= 0.6 is 0 Å². The normalized spacial score (nSPS) is 15.4. The molecule has 0 aliphatic carbocycles. The van der Waals surface area contributed by atoms with Gasteiger partial charge in [-0.15, -0.1) is 0 Å². The van der Waals surface area contributed by atoms with Crippen molar-refractivity contribution < 1.29 is 14.6 Å². The van der Waals surface area contributed by atoms with E-state index >= 15 is 0 Å². The van der Waals surface area contributed by atoms with E-state index < -0.39 is 11.5 Å². The Kier molecular flexibility index (Phi) is 6.64. The Hall–Kier alpha value is -1.43. The van der Waals surface area contributed by atoms with Gasteiger partial charge in [0.25, 0.3) is 0 Å². The Morgan fingerprint density at radius 3 is 2.65 bits per heavy atom. The molecule has 20 heavy (non-hydrogen) atoms. The average Bonchev–Trinajstić information content (AvgIpc) is 2.45. The number of amides is 1. The lowest BCUT2D eigenvalue weighted by atomic mass is 9.97. The topological polar surface area (TPSA) is 84.6 Å². The standard InChI is InChI=1S/C15H24N2O3/c1-15(19,8-9-20-2)11-17-14(18)13(10-16)12-6-4-3-5-7-12/h3-7,13,19H,8-11,16H2,1-2H3,(H,17,18). The summed E-state index contributed by atoms with van der Waals surface area (Å²) in [6.07, 6.45) is 0.461. The van der Waals surface area contributed by atoms with Crippen LogP contribution in [0, 0.1) is 0 Å². The van der Waals surface area contributed by atoms with Crippen LogP contribution in [-0.4, -0.2) is 43.4 Å². The van der Waals surface area contributed by atoms with E-state index in [1.54, 1.807) is 14.0 Å². The highest BCUT2D eigenvalue weighted by Gasteiger charge is 2.24. The van der Waals surface area contributed by atoms with E-state index in [0.29, 0.717) is 13.0 Å². The number of ether oxygens (including phenoxy) is 1. The van der Waals surface area contributed by atoms with Gasteiger partial charge in [-0.25, -0.2) is 0 Å². The van der Waals surface area contributed by atoms with Gasteiger partial charge in [0.2, 0.25) is 5.91 Å². The monoisotopic (exact) mass is 280 g/mol. The highest BCUT2D eigenvalue weighted by molar-refractivity contribution is 5.83. The number of nitrogens with one attached hydrogen (secondary N) is 1. The van der Waals surface area contributed by atoms with Crippen LogP contribution in [0.15, 0.2) is 30.3 Å². The van der Waals surface area contributed by atoms with E-state index in [-0.39, 0.29) is 19.0 Å². The van der Waals surface area contributed by atoms with Crippen LogP contribution in [-0.2, 0) is 9.53 Å². The Morgan fingerprint density at radius 1 is 1.45 bits per heavy atom. The van der Waals surface area contributed by atoms with Gasteiger partial charge in [0.15, 0.2) is 0 Å². The van der Waals surface area contributed by atoms with Crippen LogP contribution in [0.1, 0.15) is 24.8 Å². The van der Waals surface area contributed by atoms with E-state index in [9.17, 15) is 9.90 Å². The van der Waals surface area contributed by atoms with Crippen molar-refractivity contribution in [2.45, 2.75) is 24.9 Å². The van der Waals surface area contributed by atoms with Gasteiger partial charge >= 0.3 is 0 Å². The van der Waals surface area contributed by atoms with E-state index in [1.807, 2.05) is 30.3 Å². The smallest absolute Gasteiger partial charge is 0.228 e. The molecule has 0 aliphatic rings. The molecule has 1 amide bonds. The molecule has 0 fully saturated rings. The molecule has 0 saturated carbocycles. The minimum Gasteiger partial charge on any atom is -0.388 e. The summed E-state index contributed by atoms with van der Waals surface area (Å²) >= 11 is 0. The van der Waals surface area contributed by atoms with Crippen molar-refractivity contribution in [1.82, 2.24) is 5.32 Å². The number of rotatable bonds is 8. The summed E-state index contributed by atoms with van der Waals surface area (Å²) < 4.78 is 4.93. The van der Waals surface area contributed by atoms with Crippen molar-refractivity contribution in [3.05, 3.63) is 35.9 Å². The van der Waals surface area contributed by atoms with Gasteiger partial charge in [0.05, 0.1) is 11.5 Å². The quantitative estimate of drug-likeness (QED) is 0.652. The molecule has 1 aromatic carbocycles. The Morgan fingerprint density at radius 2 is 2.10 bits per heavy atom. The van der Waals surface area contributed by atoms with Gasteiger partial charge in [-0.05, 0) is 12.5 Å². The van der Waals surface area contributed by atoms with Gasteiger partial charge in [0, 0.05) is 33.2 Å². The molecular formula is C15H24N2O3. The SMILES string of the molecule is COCCC(C)(O)CNC(=O)C(CN)c1ccccc1. The fourth-order valence-electron chi connectivity index (χ4n) is 1.89. The summed E-state index contributed by atoms with van der Waals surface area (Å²) in [6.45, 7) is 2.53. The minimum absolute atomic E-state index is 0.170. The lowest BCUT2D eigenvalue weighted by molar-refractivity contribution is -0.123. The van der Waals surface area contributed by atoms with Crippen LogP contribution in [0.5, 0.6) is 0 Å². The van der Waals surface area contributed by atoms with E-state index in [0.717, 1.165) is 5.56 Å². The second kappa shape index (κ2) is 7.99. The van der Waals surface area contributed by atoms with E-state index in [1.165, 1.54) is 0 Å². The summed E-state index contributed by atoms with van der Waals surface area (Å²) in [5.74, 6) is -0.564. The zero-order valence-corrected chi connectivity index (χ0v) is 12.1. The molecule has 4 N–H and O–H groups in total. The van der Waals surface area contributed by atoms with Crippen LogP contribution < -0.4 is 11.1 Å². The van der Waals surface area contributed by atoms with Crippen molar-refractivity contribution in [1.29, 1.82) is 0 Å². The maximum Gasteiger partial charge on any atom is 0.228 e. The molecule has 0 spiro atoms. The summed E-state index contributed by atoms with van der Waals surface area (Å²) in [4.78, 5) is 12.2. The van der Waals surface area contributed by atoms with Crippen molar-refractivity contribution in [3.63, 3.8) is 0 Å². The van der Waals surface area contributed by atoms with Gasteiger partial charge in [-0.2, -0.15) is 0 Å². The highest BCUT2D eigenvalue weighted by atomic mass is 16.5. The maximum atomic E-state index is 12.2. The second-order valence-electron chi connectivity index (χ2n) is 5.16. The predicted octanol–water partition coefficient (Wildman–Crippen LogP) is 0.633. The summed E-state index contributed by atoms with van der Waals surface area (Å²) in [6, 6.07) is 9.39. The van der Waals surface area contributed by atoms with E-state index in [4.69, 9.17) is 10.5 Å². The zero-order valence-electron chi connectivity index (χ0n) is 12.1. The highest BCUT2D eigenvalue weighted by Crippen LogP contribution is 2.15. The molecule has 0 aromatic heterocycles. The largest absolute Gasteiger partial charge is 0.388 e. The molecule has 0 saturated heterocycles. The Labute approximate surface area is 120 Å². The lowest BCUT2D eigenvalue weighted by Crippen LogP contribution is -2.44. The molecule has 0 radical (unpaired) electrons. The Bertz CT molecular complexity index is 407. The fourth-order valence-corrected chi connectivity index (χ4v) is 1.89. The van der Waals surface area contributed by atoms with Crippen molar-refractivity contribution in [3.8, 4) is 0 Å². The number of carbonyl (C=O) groups excluding carboxylic acids is 1. The molecule has 1 rings (SSSR count). The lowest BCUT2D eigenvalue weighted by Gasteiger charge is -2.24. The molecule has 2 atom stereocenters. The van der Waals surface area contributed by atoms with Gasteiger partial charge in [-0.3, -0.25) is 4.79 Å². The van der Waals surface area contributed by atoms with Crippen LogP contribution in [0.25, 0.3) is 0 Å². The molecule has 112 valence electrons. The van der Waals surface area contributed by atoms with Crippen molar-refractivity contribution in [2.75, 3.05) is 26.8 Å². The van der Waals surface area contributed by atoms with Crippen molar-refractivity contribution in [2.24, 2.45) is 5.73 Å². The predicted molar refractivity (Wildman–Crippen MR) is 78.4 cm³/mol. The first kappa shape index (κ1) is 16.6. The van der Waals surface area contributed by atoms with Crippen LogP contribution in [0.3, 0.4) is 0 Å². The first-order chi connectivity index (χ1) is 9.50. The molecule has 0 bridgehead atoms. The number of benzene rings is 1. The maximum absolute atomic E-state index is 12.2. The van der Waals surface area contributed by atoms with Gasteiger partial charge in [0.1, 0.15) is 0 Å². The van der Waals surface area contributed by atoms with E-state index in [2.05, 4.69) is 5.32 Å². The number of hydrogen-bond acceptors (Lipinski definition) is 4. The number of methoxy groups -OCH3 is 1. The first-order valence-corrected chi connectivity index (χ1v) is 6.74. The third-order valence-electron chi connectivity index (χ3n) is 3.24. The average molecular weight is 280 g/mol. The van der Waals surface area contributed by atoms with Crippen LogP contribution in [0.4, 0.5) is 0 Å².